The first kappa shape index (κ1) is 11.5. The number of β-amino-alcohol motifs (C(OH)–C–C–N with tert-alkyl or cyclic N) is 1. The topological polar surface area (TPSA) is 60.8 Å². The third-order valence-corrected chi connectivity index (χ3v) is 2.88. The van der Waals surface area contributed by atoms with Gasteiger partial charge in [0.1, 0.15) is 0 Å². The first-order chi connectivity index (χ1) is 6.63. The Kier molecular flexibility index (Phi) is 4.35. The average Bonchev–Trinajstić information content (AvgIpc) is 2.18. The zero-order chi connectivity index (χ0) is 10.6. The minimum absolute atomic E-state index is 0.176. The van der Waals surface area contributed by atoms with Crippen LogP contribution < -0.4 is 0 Å². The fourth-order valence-corrected chi connectivity index (χ4v) is 1.79. The number of carboxylic acid groups (broad SMARTS) is 1. The van der Waals surface area contributed by atoms with Crippen molar-refractivity contribution in [2.45, 2.75) is 32.3 Å². The van der Waals surface area contributed by atoms with Crippen molar-refractivity contribution >= 4 is 5.97 Å². The summed E-state index contributed by atoms with van der Waals surface area (Å²) in [4.78, 5) is 12.8. The summed E-state index contributed by atoms with van der Waals surface area (Å²) in [7, 11) is 0. The van der Waals surface area contributed by atoms with E-state index >= 15 is 0 Å². The van der Waals surface area contributed by atoms with Gasteiger partial charge in [0, 0.05) is 6.54 Å². The lowest BCUT2D eigenvalue weighted by Gasteiger charge is -2.31. The number of aliphatic carboxylic acids is 1. The molecule has 1 rings (SSSR count). The van der Waals surface area contributed by atoms with Gasteiger partial charge in [0.15, 0.2) is 0 Å². The highest BCUT2D eigenvalue weighted by atomic mass is 16.4. The van der Waals surface area contributed by atoms with E-state index in [2.05, 4.69) is 4.90 Å². The van der Waals surface area contributed by atoms with Crippen LogP contribution in [-0.4, -0.2) is 46.8 Å². The Balaban J connectivity index is 2.25. The highest BCUT2D eigenvalue weighted by molar-refractivity contribution is 5.70. The fraction of sp³-hybridized carbons (Fsp3) is 0.900. The molecule has 0 aromatic heterocycles. The van der Waals surface area contributed by atoms with Gasteiger partial charge in [0.2, 0.25) is 0 Å². The molecule has 0 radical (unpaired) electrons. The molecule has 1 aliphatic rings. The second-order valence-corrected chi connectivity index (χ2v) is 3.98. The summed E-state index contributed by atoms with van der Waals surface area (Å²) in [6.07, 6.45) is 1.92. The van der Waals surface area contributed by atoms with Crippen molar-refractivity contribution < 1.29 is 15.0 Å². The largest absolute Gasteiger partial charge is 0.481 e. The molecular formula is C10H19NO3. The van der Waals surface area contributed by atoms with Crippen LogP contribution in [0.15, 0.2) is 0 Å². The Labute approximate surface area is 84.5 Å². The molecule has 0 aromatic rings. The molecule has 0 amide bonds. The van der Waals surface area contributed by atoms with Crippen molar-refractivity contribution in [3.8, 4) is 0 Å². The van der Waals surface area contributed by atoms with Gasteiger partial charge in [-0.3, -0.25) is 4.79 Å². The van der Waals surface area contributed by atoms with E-state index in [0.29, 0.717) is 19.4 Å². The molecule has 1 fully saturated rings. The smallest absolute Gasteiger partial charge is 0.306 e. The fourth-order valence-electron chi connectivity index (χ4n) is 1.79. The van der Waals surface area contributed by atoms with E-state index in [0.717, 1.165) is 19.5 Å². The van der Waals surface area contributed by atoms with E-state index in [1.54, 1.807) is 0 Å². The van der Waals surface area contributed by atoms with Crippen molar-refractivity contribution in [1.29, 1.82) is 0 Å². The van der Waals surface area contributed by atoms with E-state index < -0.39 is 5.97 Å². The maximum Gasteiger partial charge on any atom is 0.306 e. The molecule has 2 N–H and O–H groups in total. The number of nitrogens with zero attached hydrogens (tertiary/aromatic N) is 1. The van der Waals surface area contributed by atoms with Gasteiger partial charge < -0.3 is 15.1 Å². The molecular weight excluding hydrogens is 182 g/mol. The lowest BCUT2D eigenvalue weighted by atomic mass is 9.97. The lowest BCUT2D eigenvalue weighted by Crippen LogP contribution is -2.40. The minimum atomic E-state index is -0.680. The van der Waals surface area contributed by atoms with Crippen molar-refractivity contribution in [2.75, 3.05) is 19.6 Å². The first-order valence-corrected chi connectivity index (χ1v) is 5.26. The Morgan fingerprint density at radius 2 is 2.07 bits per heavy atom. The molecule has 4 heteroatoms. The lowest BCUT2D eigenvalue weighted by molar-refractivity contribution is -0.143. The van der Waals surface area contributed by atoms with Gasteiger partial charge in [0.25, 0.3) is 0 Å². The van der Waals surface area contributed by atoms with Crippen LogP contribution in [0.1, 0.15) is 26.2 Å². The van der Waals surface area contributed by atoms with Crippen LogP contribution in [0.3, 0.4) is 0 Å². The second kappa shape index (κ2) is 5.32. The Morgan fingerprint density at radius 1 is 1.50 bits per heavy atom. The van der Waals surface area contributed by atoms with Gasteiger partial charge in [-0.05, 0) is 32.4 Å². The monoisotopic (exact) mass is 201 g/mol. The number of aliphatic hydroxyl groups excluding tert-OH is 1. The summed E-state index contributed by atoms with van der Waals surface area (Å²) in [6, 6.07) is 0. The van der Waals surface area contributed by atoms with Crippen LogP contribution in [0.4, 0.5) is 0 Å². The van der Waals surface area contributed by atoms with Crippen LogP contribution in [0.25, 0.3) is 0 Å². The summed E-state index contributed by atoms with van der Waals surface area (Å²) in [6.45, 7) is 4.24. The number of hydrogen-bond donors (Lipinski definition) is 2. The summed E-state index contributed by atoms with van der Waals surface area (Å²) >= 11 is 0. The van der Waals surface area contributed by atoms with Crippen LogP contribution >= 0.6 is 0 Å². The van der Waals surface area contributed by atoms with E-state index in [1.807, 2.05) is 6.92 Å². The highest BCUT2D eigenvalue weighted by Crippen LogP contribution is 2.17. The molecule has 82 valence electrons. The van der Waals surface area contributed by atoms with Crippen LogP contribution in [0.5, 0.6) is 0 Å². The molecule has 0 bridgehead atoms. The van der Waals surface area contributed by atoms with Crippen molar-refractivity contribution in [1.82, 2.24) is 4.90 Å². The summed E-state index contributed by atoms with van der Waals surface area (Å²) < 4.78 is 0. The van der Waals surface area contributed by atoms with Gasteiger partial charge >= 0.3 is 5.97 Å². The quantitative estimate of drug-likeness (QED) is 0.697. The molecule has 1 atom stereocenters. The first-order valence-electron chi connectivity index (χ1n) is 5.26. The number of rotatable bonds is 4. The molecule has 1 aliphatic heterocycles. The molecule has 0 saturated carbocycles. The van der Waals surface area contributed by atoms with Crippen LogP contribution in [0.2, 0.25) is 0 Å². The second-order valence-electron chi connectivity index (χ2n) is 3.98. The van der Waals surface area contributed by atoms with E-state index in [1.165, 1.54) is 0 Å². The minimum Gasteiger partial charge on any atom is -0.481 e. The number of hydrogen-bond acceptors (Lipinski definition) is 3. The van der Waals surface area contributed by atoms with E-state index in [4.69, 9.17) is 5.11 Å². The van der Waals surface area contributed by atoms with Crippen molar-refractivity contribution in [2.24, 2.45) is 5.92 Å². The van der Waals surface area contributed by atoms with Gasteiger partial charge in [-0.25, -0.2) is 0 Å². The molecule has 1 saturated heterocycles. The molecule has 1 unspecified atom stereocenters. The Bertz CT molecular complexity index is 188. The highest BCUT2D eigenvalue weighted by Gasteiger charge is 2.24. The van der Waals surface area contributed by atoms with Crippen molar-refractivity contribution in [3.05, 3.63) is 0 Å². The third kappa shape index (κ3) is 3.27. The SMILES string of the molecule is CCC(O)CN1CCC(C(=O)O)CC1. The molecule has 0 aliphatic carbocycles. The zero-order valence-electron chi connectivity index (χ0n) is 8.65. The number of likely N-dealkylation sites (tertiary alicyclic amines) is 1. The summed E-state index contributed by atoms with van der Waals surface area (Å²) in [5.74, 6) is -0.856. The third-order valence-electron chi connectivity index (χ3n) is 2.88. The average molecular weight is 201 g/mol. The predicted molar refractivity (Wildman–Crippen MR) is 53.1 cm³/mol. The number of aliphatic hydroxyl groups is 1. The van der Waals surface area contributed by atoms with E-state index in [-0.39, 0.29) is 12.0 Å². The number of carboxylic acids is 1. The predicted octanol–water partition coefficient (Wildman–Crippen LogP) is 0.554. The van der Waals surface area contributed by atoms with Gasteiger partial charge in [0.05, 0.1) is 12.0 Å². The Morgan fingerprint density at radius 3 is 2.50 bits per heavy atom. The summed E-state index contributed by atoms with van der Waals surface area (Å²) in [5.41, 5.74) is 0. The molecule has 0 spiro atoms. The van der Waals surface area contributed by atoms with Crippen molar-refractivity contribution in [3.63, 3.8) is 0 Å². The number of piperidine rings is 1. The van der Waals surface area contributed by atoms with Gasteiger partial charge in [-0.2, -0.15) is 0 Å². The molecule has 4 nitrogen and oxygen atoms in total. The maximum absolute atomic E-state index is 10.7. The zero-order valence-corrected chi connectivity index (χ0v) is 8.65. The number of carbonyl (C=O) groups is 1. The molecule has 0 aromatic carbocycles. The van der Waals surface area contributed by atoms with E-state index in [9.17, 15) is 9.90 Å². The standard InChI is InChI=1S/C10H19NO3/c1-2-9(12)7-11-5-3-8(4-6-11)10(13)14/h8-9,12H,2-7H2,1H3,(H,13,14). The molecule has 1 heterocycles. The Hall–Kier alpha value is -0.610. The van der Waals surface area contributed by atoms with Crippen LogP contribution in [0, 0.1) is 5.92 Å². The molecule has 14 heavy (non-hydrogen) atoms. The normalized spacial score (nSPS) is 22.1. The van der Waals surface area contributed by atoms with Gasteiger partial charge in [-0.15, -0.1) is 0 Å². The summed E-state index contributed by atoms with van der Waals surface area (Å²) in [5, 5.41) is 18.2. The van der Waals surface area contributed by atoms with Crippen LogP contribution in [-0.2, 0) is 4.79 Å². The van der Waals surface area contributed by atoms with Gasteiger partial charge in [-0.1, -0.05) is 6.92 Å². The maximum atomic E-state index is 10.7.